The number of likely N-dealkylation sites (tertiary alicyclic amines) is 1. The lowest BCUT2D eigenvalue weighted by atomic mass is 9.98. The van der Waals surface area contributed by atoms with E-state index in [2.05, 4.69) is 4.90 Å². The van der Waals surface area contributed by atoms with Crippen molar-refractivity contribution in [1.29, 1.82) is 0 Å². The Hall–Kier alpha value is -2.84. The number of carbonyl (C=O) groups excluding carboxylic acids is 1. The molecule has 1 aromatic carbocycles. The molecular formula is C22H25ClN6O2. The van der Waals surface area contributed by atoms with Gasteiger partial charge in [0.2, 0.25) is 0 Å². The molecule has 31 heavy (non-hydrogen) atoms. The van der Waals surface area contributed by atoms with Gasteiger partial charge in [0.05, 0.1) is 23.4 Å². The number of β-amino-alcohol motifs (C(OH)–C–C–N with tert-alkyl or cyclic N) is 1. The summed E-state index contributed by atoms with van der Waals surface area (Å²) in [5.74, 6) is 0.744. The van der Waals surface area contributed by atoms with Gasteiger partial charge in [0, 0.05) is 48.2 Å². The minimum Gasteiger partial charge on any atom is -0.398 e. The number of aliphatic hydroxyl groups excluding tert-OH is 1. The second kappa shape index (κ2) is 7.69. The highest BCUT2D eigenvalue weighted by molar-refractivity contribution is 6.31. The average molecular weight is 441 g/mol. The third-order valence-corrected chi connectivity index (χ3v) is 6.37. The Balaban J connectivity index is 1.48. The number of amides is 1. The molecule has 162 valence electrons. The van der Waals surface area contributed by atoms with Crippen LogP contribution in [0.2, 0.25) is 5.02 Å². The van der Waals surface area contributed by atoms with Gasteiger partial charge in [0.15, 0.2) is 5.65 Å². The first-order valence-electron chi connectivity index (χ1n) is 10.6. The number of aliphatic hydroxyl groups is 1. The Bertz CT molecular complexity index is 1160. The van der Waals surface area contributed by atoms with E-state index in [1.54, 1.807) is 22.7 Å². The number of aryl methyl sites for hydroxylation is 1. The Labute approximate surface area is 185 Å². The summed E-state index contributed by atoms with van der Waals surface area (Å²) in [5, 5.41) is 14.9. The molecule has 4 heterocycles. The number of piperidine rings is 1. The highest BCUT2D eigenvalue weighted by Crippen LogP contribution is 2.34. The fourth-order valence-electron chi connectivity index (χ4n) is 4.48. The summed E-state index contributed by atoms with van der Waals surface area (Å²) in [5.41, 5.74) is 9.48. The molecule has 0 spiro atoms. The molecule has 9 heteroatoms. The highest BCUT2D eigenvalue weighted by atomic mass is 35.5. The smallest absolute Gasteiger partial charge is 0.256 e. The van der Waals surface area contributed by atoms with Crippen molar-refractivity contribution >= 4 is 34.7 Å². The van der Waals surface area contributed by atoms with Crippen molar-refractivity contribution in [2.75, 3.05) is 30.3 Å². The van der Waals surface area contributed by atoms with Crippen LogP contribution in [0.3, 0.4) is 0 Å². The van der Waals surface area contributed by atoms with E-state index in [1.165, 1.54) is 0 Å². The van der Waals surface area contributed by atoms with Gasteiger partial charge in [0.25, 0.3) is 5.91 Å². The third kappa shape index (κ3) is 3.59. The van der Waals surface area contributed by atoms with Crippen molar-refractivity contribution in [2.24, 2.45) is 0 Å². The molecule has 3 N–H and O–H groups in total. The van der Waals surface area contributed by atoms with Gasteiger partial charge in [-0.15, -0.1) is 0 Å². The third-order valence-electron chi connectivity index (χ3n) is 6.14. The predicted octanol–water partition coefficient (Wildman–Crippen LogP) is 2.82. The zero-order chi connectivity index (χ0) is 21.7. The van der Waals surface area contributed by atoms with Crippen molar-refractivity contribution in [3.8, 4) is 0 Å². The second-order valence-electron chi connectivity index (χ2n) is 8.42. The molecule has 3 aromatic rings. The largest absolute Gasteiger partial charge is 0.398 e. The van der Waals surface area contributed by atoms with Crippen LogP contribution in [-0.2, 0) is 0 Å². The van der Waals surface area contributed by atoms with E-state index >= 15 is 0 Å². The SMILES string of the molecule is Cc1cn2nc(C3CCCCN3C(=O)c3cc(Cl)ccc3N)cc2nc1N1CC(O)C1. The maximum absolute atomic E-state index is 13.4. The molecule has 2 aromatic heterocycles. The zero-order valence-electron chi connectivity index (χ0n) is 17.3. The van der Waals surface area contributed by atoms with Crippen molar-refractivity contribution < 1.29 is 9.90 Å². The molecule has 8 nitrogen and oxygen atoms in total. The van der Waals surface area contributed by atoms with E-state index in [0.717, 1.165) is 42.0 Å². The molecule has 1 unspecified atom stereocenters. The van der Waals surface area contributed by atoms with E-state index in [0.29, 0.717) is 35.9 Å². The maximum Gasteiger partial charge on any atom is 0.256 e. The molecule has 2 saturated heterocycles. The Morgan fingerprint density at radius 1 is 1.26 bits per heavy atom. The first kappa shape index (κ1) is 20.1. The second-order valence-corrected chi connectivity index (χ2v) is 8.86. The van der Waals surface area contributed by atoms with E-state index in [1.807, 2.05) is 24.1 Å². The standard InChI is InChI=1S/C22H25ClN6O2/c1-13-10-29-20(25-21(13)27-11-15(30)12-27)9-18(26-29)19-4-2-3-7-28(19)22(31)16-8-14(23)5-6-17(16)24/h5-6,8-10,15,19,30H,2-4,7,11-12,24H2,1H3. The Kier molecular flexibility index (Phi) is 4.98. The summed E-state index contributed by atoms with van der Waals surface area (Å²) in [6.07, 6.45) is 4.46. The topological polar surface area (TPSA) is 100.0 Å². The predicted molar refractivity (Wildman–Crippen MR) is 119 cm³/mol. The lowest BCUT2D eigenvalue weighted by Gasteiger charge is -2.37. The van der Waals surface area contributed by atoms with Gasteiger partial charge in [-0.25, -0.2) is 9.50 Å². The molecule has 5 rings (SSSR count). The summed E-state index contributed by atoms with van der Waals surface area (Å²) >= 11 is 6.12. The molecule has 1 amide bonds. The number of nitrogens with two attached hydrogens (primary N) is 1. The lowest BCUT2D eigenvalue weighted by Crippen LogP contribution is -2.51. The molecule has 0 saturated carbocycles. The van der Waals surface area contributed by atoms with Crippen LogP contribution in [0, 0.1) is 6.92 Å². The number of benzene rings is 1. The van der Waals surface area contributed by atoms with Gasteiger partial charge in [-0.2, -0.15) is 5.10 Å². The van der Waals surface area contributed by atoms with Crippen LogP contribution in [0.5, 0.6) is 0 Å². The first-order chi connectivity index (χ1) is 14.9. The van der Waals surface area contributed by atoms with E-state index < -0.39 is 0 Å². The molecule has 1 atom stereocenters. The summed E-state index contributed by atoms with van der Waals surface area (Å²) in [6.45, 7) is 3.83. The van der Waals surface area contributed by atoms with Crippen molar-refractivity contribution in [3.63, 3.8) is 0 Å². The molecule has 2 aliphatic heterocycles. The molecule has 0 bridgehead atoms. The van der Waals surface area contributed by atoms with Crippen molar-refractivity contribution in [3.05, 3.63) is 52.3 Å². The molecular weight excluding hydrogens is 416 g/mol. The maximum atomic E-state index is 13.4. The average Bonchev–Trinajstić information content (AvgIpc) is 3.15. The molecule has 2 aliphatic rings. The zero-order valence-corrected chi connectivity index (χ0v) is 18.1. The normalized spacial score (nSPS) is 19.6. The van der Waals surface area contributed by atoms with Gasteiger partial charge in [0.1, 0.15) is 5.82 Å². The van der Waals surface area contributed by atoms with Crippen LogP contribution in [-0.4, -0.2) is 56.2 Å². The van der Waals surface area contributed by atoms with Crippen LogP contribution in [0.15, 0.2) is 30.5 Å². The molecule has 0 radical (unpaired) electrons. The van der Waals surface area contributed by atoms with E-state index in [9.17, 15) is 9.90 Å². The summed E-state index contributed by atoms with van der Waals surface area (Å²) in [7, 11) is 0. The Morgan fingerprint density at radius 2 is 2.06 bits per heavy atom. The van der Waals surface area contributed by atoms with Gasteiger partial charge in [-0.3, -0.25) is 4.79 Å². The number of carbonyl (C=O) groups is 1. The summed E-state index contributed by atoms with van der Waals surface area (Å²) in [4.78, 5) is 22.0. The fourth-order valence-corrected chi connectivity index (χ4v) is 4.65. The van der Waals surface area contributed by atoms with E-state index in [4.69, 9.17) is 27.4 Å². The van der Waals surface area contributed by atoms with Gasteiger partial charge < -0.3 is 20.6 Å². The fraction of sp³-hybridized carbons (Fsp3) is 0.409. The number of anilines is 2. The van der Waals surface area contributed by atoms with Crippen LogP contribution in [0.4, 0.5) is 11.5 Å². The van der Waals surface area contributed by atoms with Crippen molar-refractivity contribution in [2.45, 2.75) is 38.3 Å². The van der Waals surface area contributed by atoms with Crippen LogP contribution in [0.1, 0.15) is 46.9 Å². The number of nitrogen functional groups attached to an aromatic ring is 1. The number of rotatable bonds is 3. The highest BCUT2D eigenvalue weighted by Gasteiger charge is 2.32. The van der Waals surface area contributed by atoms with E-state index in [-0.39, 0.29) is 18.1 Å². The number of fused-ring (bicyclic) bond motifs is 1. The monoisotopic (exact) mass is 440 g/mol. The summed E-state index contributed by atoms with van der Waals surface area (Å²) < 4.78 is 1.77. The minimum atomic E-state index is -0.293. The first-order valence-corrected chi connectivity index (χ1v) is 10.9. The van der Waals surface area contributed by atoms with Crippen molar-refractivity contribution in [1.82, 2.24) is 19.5 Å². The lowest BCUT2D eigenvalue weighted by molar-refractivity contribution is 0.0607. The number of hydrogen-bond acceptors (Lipinski definition) is 6. The van der Waals surface area contributed by atoms with Crippen LogP contribution in [0.25, 0.3) is 5.65 Å². The van der Waals surface area contributed by atoms with Gasteiger partial charge in [-0.05, 0) is 44.4 Å². The molecule has 2 fully saturated rings. The Morgan fingerprint density at radius 3 is 2.84 bits per heavy atom. The number of hydrogen-bond donors (Lipinski definition) is 2. The van der Waals surface area contributed by atoms with Gasteiger partial charge in [-0.1, -0.05) is 11.6 Å². The number of aromatic nitrogens is 3. The summed E-state index contributed by atoms with van der Waals surface area (Å²) in [6, 6.07) is 6.80. The van der Waals surface area contributed by atoms with Crippen LogP contribution >= 0.6 is 11.6 Å². The quantitative estimate of drug-likeness (QED) is 0.607. The number of halogens is 1. The minimum absolute atomic E-state index is 0.124. The molecule has 0 aliphatic carbocycles. The van der Waals surface area contributed by atoms with Gasteiger partial charge >= 0.3 is 0 Å². The number of nitrogens with zero attached hydrogens (tertiary/aromatic N) is 5. The van der Waals surface area contributed by atoms with Crippen LogP contribution < -0.4 is 10.6 Å².